The van der Waals surface area contributed by atoms with Crippen LogP contribution in [-0.2, 0) is 13.6 Å². The Labute approximate surface area is 131 Å². The lowest BCUT2D eigenvalue weighted by Crippen LogP contribution is -2.31. The molecule has 2 aromatic rings. The van der Waals surface area contributed by atoms with Crippen molar-refractivity contribution in [2.75, 3.05) is 0 Å². The maximum atomic E-state index is 10.9. The fraction of sp³-hybridized carbons (Fsp3) is 0.412. The molecule has 1 aromatic heterocycles. The molecule has 0 saturated heterocycles. The third-order valence-corrected chi connectivity index (χ3v) is 3.64. The number of hydrogen-bond donors (Lipinski definition) is 2. The van der Waals surface area contributed by atoms with Crippen molar-refractivity contribution in [3.05, 3.63) is 53.3 Å². The molecule has 0 aliphatic carbocycles. The number of nitrogens with one attached hydrogen (secondary N) is 1. The Morgan fingerprint density at radius 3 is 2.41 bits per heavy atom. The molecule has 22 heavy (non-hydrogen) atoms. The van der Waals surface area contributed by atoms with E-state index in [2.05, 4.69) is 31.2 Å². The minimum absolute atomic E-state index is 0.0457. The van der Waals surface area contributed by atoms with E-state index in [0.29, 0.717) is 12.1 Å². The van der Waals surface area contributed by atoms with E-state index in [1.165, 1.54) is 0 Å². The first kappa shape index (κ1) is 16.2. The van der Waals surface area contributed by atoms with Crippen LogP contribution in [0.4, 0.5) is 0 Å². The summed E-state index contributed by atoms with van der Waals surface area (Å²) < 4.78 is 1.80. The summed E-state index contributed by atoms with van der Waals surface area (Å²) >= 11 is 0. The van der Waals surface area contributed by atoms with E-state index in [9.17, 15) is 4.79 Å². The predicted molar refractivity (Wildman–Crippen MR) is 85.6 cm³/mol. The molecule has 1 aromatic carbocycles. The molecular weight excluding hydrogens is 278 g/mol. The van der Waals surface area contributed by atoms with Crippen LogP contribution in [0.25, 0.3) is 0 Å². The number of carbonyl (C=O) groups is 1. The van der Waals surface area contributed by atoms with Crippen molar-refractivity contribution < 1.29 is 9.90 Å². The van der Waals surface area contributed by atoms with E-state index in [4.69, 9.17) is 5.11 Å². The average molecular weight is 301 g/mol. The van der Waals surface area contributed by atoms with Crippen LogP contribution in [0.2, 0.25) is 0 Å². The predicted octanol–water partition coefficient (Wildman–Crippen LogP) is 3.00. The molecule has 2 rings (SSSR count). The fourth-order valence-corrected chi connectivity index (χ4v) is 2.50. The second-order valence-electron chi connectivity index (χ2n) is 6.63. The van der Waals surface area contributed by atoms with Crippen LogP contribution >= 0.6 is 0 Å². The molecule has 0 aliphatic heterocycles. The van der Waals surface area contributed by atoms with Gasteiger partial charge in [-0.3, -0.25) is 4.68 Å². The summed E-state index contributed by atoms with van der Waals surface area (Å²) in [7, 11) is 1.91. The van der Waals surface area contributed by atoms with Crippen LogP contribution in [0.1, 0.15) is 48.3 Å². The summed E-state index contributed by atoms with van der Waals surface area (Å²) in [6.45, 7) is 7.23. The maximum Gasteiger partial charge on any atom is 0.335 e. The first-order valence-corrected chi connectivity index (χ1v) is 7.31. The number of nitrogens with zero attached hydrogens (tertiary/aromatic N) is 2. The zero-order valence-corrected chi connectivity index (χ0v) is 13.5. The second kappa shape index (κ2) is 6.32. The van der Waals surface area contributed by atoms with E-state index in [1.807, 2.05) is 31.6 Å². The number of aromatic nitrogens is 2. The molecule has 1 atom stereocenters. The summed E-state index contributed by atoms with van der Waals surface area (Å²) in [5.74, 6) is -0.901. The van der Waals surface area contributed by atoms with Gasteiger partial charge in [0.2, 0.25) is 0 Å². The van der Waals surface area contributed by atoms with E-state index in [0.717, 1.165) is 11.1 Å². The van der Waals surface area contributed by atoms with Gasteiger partial charge in [-0.15, -0.1) is 0 Å². The molecular formula is C17H23N3O2. The molecule has 0 amide bonds. The van der Waals surface area contributed by atoms with E-state index < -0.39 is 5.97 Å². The van der Waals surface area contributed by atoms with Crippen molar-refractivity contribution in [2.45, 2.75) is 33.4 Å². The number of aromatic carboxylic acids is 1. The van der Waals surface area contributed by atoms with Gasteiger partial charge in [0, 0.05) is 31.4 Å². The highest BCUT2D eigenvalue weighted by atomic mass is 16.4. The van der Waals surface area contributed by atoms with Gasteiger partial charge < -0.3 is 10.4 Å². The van der Waals surface area contributed by atoms with Gasteiger partial charge in [0.05, 0.1) is 11.8 Å². The number of hydrogen-bond acceptors (Lipinski definition) is 3. The van der Waals surface area contributed by atoms with Gasteiger partial charge in [-0.05, 0) is 23.1 Å². The van der Waals surface area contributed by atoms with Crippen LogP contribution in [-0.4, -0.2) is 20.9 Å². The van der Waals surface area contributed by atoms with Gasteiger partial charge >= 0.3 is 5.97 Å². The smallest absolute Gasteiger partial charge is 0.335 e. The third-order valence-electron chi connectivity index (χ3n) is 3.64. The van der Waals surface area contributed by atoms with Crippen molar-refractivity contribution in [1.82, 2.24) is 15.1 Å². The van der Waals surface area contributed by atoms with Gasteiger partial charge in [0.15, 0.2) is 0 Å². The van der Waals surface area contributed by atoms with E-state index in [1.54, 1.807) is 16.8 Å². The molecule has 5 nitrogen and oxygen atoms in total. The van der Waals surface area contributed by atoms with Crippen molar-refractivity contribution in [3.8, 4) is 0 Å². The van der Waals surface area contributed by atoms with Gasteiger partial charge in [-0.2, -0.15) is 5.10 Å². The molecule has 1 heterocycles. The molecule has 0 aliphatic rings. The van der Waals surface area contributed by atoms with Crippen LogP contribution in [0.3, 0.4) is 0 Å². The van der Waals surface area contributed by atoms with Crippen LogP contribution < -0.4 is 5.32 Å². The lowest BCUT2D eigenvalue weighted by atomic mass is 9.83. The SMILES string of the molecule is Cn1cc(C(NCc2ccc(C(=O)O)cc2)C(C)(C)C)cn1. The molecule has 5 heteroatoms. The van der Waals surface area contributed by atoms with Crippen LogP contribution in [0.5, 0.6) is 0 Å². The molecule has 0 bridgehead atoms. The highest BCUT2D eigenvalue weighted by molar-refractivity contribution is 5.87. The largest absolute Gasteiger partial charge is 0.478 e. The number of benzene rings is 1. The van der Waals surface area contributed by atoms with E-state index in [-0.39, 0.29) is 11.5 Å². The standard InChI is InChI=1S/C17H23N3O2/c1-17(2,3)15(14-10-19-20(4)11-14)18-9-12-5-7-13(8-6-12)16(21)22/h5-8,10-11,15,18H,9H2,1-4H3,(H,21,22). The summed E-state index contributed by atoms with van der Waals surface area (Å²) in [5, 5.41) is 16.7. The first-order chi connectivity index (χ1) is 10.3. The van der Waals surface area contributed by atoms with Crippen molar-refractivity contribution >= 4 is 5.97 Å². The highest BCUT2D eigenvalue weighted by Crippen LogP contribution is 2.32. The zero-order valence-electron chi connectivity index (χ0n) is 13.5. The van der Waals surface area contributed by atoms with Gasteiger partial charge in [-0.25, -0.2) is 4.79 Å². The molecule has 2 N–H and O–H groups in total. The molecule has 0 saturated carbocycles. The number of carboxylic acid groups (broad SMARTS) is 1. The Balaban J connectivity index is 2.10. The van der Waals surface area contributed by atoms with Crippen molar-refractivity contribution in [2.24, 2.45) is 12.5 Å². The van der Waals surface area contributed by atoms with Gasteiger partial charge in [-0.1, -0.05) is 32.9 Å². The highest BCUT2D eigenvalue weighted by Gasteiger charge is 2.26. The Hall–Kier alpha value is -2.14. The number of carboxylic acids is 1. The Bertz CT molecular complexity index is 639. The third kappa shape index (κ3) is 3.95. The Morgan fingerprint density at radius 2 is 1.95 bits per heavy atom. The summed E-state index contributed by atoms with van der Waals surface area (Å²) in [4.78, 5) is 10.9. The molecule has 118 valence electrons. The zero-order chi connectivity index (χ0) is 16.3. The van der Waals surface area contributed by atoms with Crippen LogP contribution in [0, 0.1) is 5.41 Å². The lowest BCUT2D eigenvalue weighted by molar-refractivity contribution is 0.0697. The lowest BCUT2D eigenvalue weighted by Gasteiger charge is -2.31. The Kier molecular flexibility index (Phi) is 4.66. The van der Waals surface area contributed by atoms with E-state index >= 15 is 0 Å². The molecule has 1 unspecified atom stereocenters. The number of rotatable bonds is 5. The summed E-state index contributed by atoms with van der Waals surface area (Å²) in [6.07, 6.45) is 3.91. The fourth-order valence-electron chi connectivity index (χ4n) is 2.50. The second-order valence-corrected chi connectivity index (χ2v) is 6.63. The number of aryl methyl sites for hydroxylation is 1. The van der Waals surface area contributed by atoms with Gasteiger partial charge in [0.1, 0.15) is 0 Å². The molecule has 0 fully saturated rings. The normalized spacial score (nSPS) is 13.1. The summed E-state index contributed by atoms with van der Waals surface area (Å²) in [6, 6.07) is 7.13. The minimum atomic E-state index is -0.901. The summed E-state index contributed by atoms with van der Waals surface area (Å²) in [5.41, 5.74) is 2.56. The van der Waals surface area contributed by atoms with Crippen LogP contribution in [0.15, 0.2) is 36.7 Å². The van der Waals surface area contributed by atoms with Crippen molar-refractivity contribution in [1.29, 1.82) is 0 Å². The van der Waals surface area contributed by atoms with Gasteiger partial charge in [0.25, 0.3) is 0 Å². The first-order valence-electron chi connectivity index (χ1n) is 7.31. The molecule has 0 spiro atoms. The quantitative estimate of drug-likeness (QED) is 0.891. The minimum Gasteiger partial charge on any atom is -0.478 e. The average Bonchev–Trinajstić information content (AvgIpc) is 2.84. The monoisotopic (exact) mass is 301 g/mol. The maximum absolute atomic E-state index is 10.9. The molecule has 0 radical (unpaired) electrons. The topological polar surface area (TPSA) is 67.2 Å². The van der Waals surface area contributed by atoms with Crippen molar-refractivity contribution in [3.63, 3.8) is 0 Å². The Morgan fingerprint density at radius 1 is 1.32 bits per heavy atom.